The van der Waals surface area contributed by atoms with Gasteiger partial charge in [0.15, 0.2) is 0 Å². The summed E-state index contributed by atoms with van der Waals surface area (Å²) in [5, 5.41) is 0. The van der Waals surface area contributed by atoms with E-state index < -0.39 is 6.09 Å². The minimum Gasteiger partial charge on any atom is -0.494 e. The van der Waals surface area contributed by atoms with Crippen molar-refractivity contribution in [3.8, 4) is 5.75 Å². The fourth-order valence-electron chi connectivity index (χ4n) is 3.24. The Morgan fingerprint density at radius 2 is 1.81 bits per heavy atom. The van der Waals surface area contributed by atoms with Gasteiger partial charge in [-0.1, -0.05) is 49.4 Å². The van der Waals surface area contributed by atoms with E-state index in [4.69, 9.17) is 9.47 Å². The quantitative estimate of drug-likeness (QED) is 0.401. The van der Waals surface area contributed by atoms with Crippen LogP contribution in [-0.2, 0) is 17.9 Å². The normalized spacial score (nSPS) is 10.7. The molecular weight excluding hydrogens is 390 g/mol. The van der Waals surface area contributed by atoms with E-state index in [2.05, 4.69) is 16.9 Å². The summed E-state index contributed by atoms with van der Waals surface area (Å²) >= 11 is 0. The largest absolute Gasteiger partial charge is 0.494 e. The van der Waals surface area contributed by atoms with Gasteiger partial charge >= 0.3 is 6.09 Å². The minimum atomic E-state index is -0.412. The third-order valence-corrected chi connectivity index (χ3v) is 4.88. The Bertz CT molecular complexity index is 1120. The number of aromatic amines is 1. The molecule has 0 spiro atoms. The number of hydrogen-bond donors (Lipinski definition) is 1. The van der Waals surface area contributed by atoms with Crippen molar-refractivity contribution >= 4 is 22.8 Å². The van der Waals surface area contributed by atoms with Crippen LogP contribution in [0.25, 0.3) is 11.0 Å². The van der Waals surface area contributed by atoms with Crippen molar-refractivity contribution in [1.82, 2.24) is 9.97 Å². The zero-order valence-corrected chi connectivity index (χ0v) is 17.5. The van der Waals surface area contributed by atoms with Crippen LogP contribution in [0.4, 0.5) is 10.5 Å². The van der Waals surface area contributed by atoms with Crippen LogP contribution in [0.5, 0.6) is 5.75 Å². The number of nitrogens with one attached hydrogen (secondary N) is 1. The lowest BCUT2D eigenvalue weighted by Crippen LogP contribution is -2.31. The maximum Gasteiger partial charge on any atom is 0.414 e. The third kappa shape index (κ3) is 5.22. The van der Waals surface area contributed by atoms with E-state index in [1.165, 1.54) is 0 Å². The highest BCUT2D eigenvalue weighted by atomic mass is 16.6. The first-order valence-electron chi connectivity index (χ1n) is 10.4. The molecule has 1 N–H and O–H groups in total. The number of rotatable bonds is 8. The maximum absolute atomic E-state index is 13.1. The van der Waals surface area contributed by atoms with Gasteiger partial charge in [-0.3, -0.25) is 4.90 Å². The highest BCUT2D eigenvalue weighted by Gasteiger charge is 2.19. The Balaban J connectivity index is 1.54. The highest BCUT2D eigenvalue weighted by molar-refractivity contribution is 5.90. The van der Waals surface area contributed by atoms with Gasteiger partial charge in [0.1, 0.15) is 12.4 Å². The molecular formula is C25H25N3O3. The summed E-state index contributed by atoms with van der Waals surface area (Å²) < 4.78 is 11.3. The van der Waals surface area contributed by atoms with Gasteiger partial charge in [0, 0.05) is 5.69 Å². The van der Waals surface area contributed by atoms with E-state index in [1.807, 2.05) is 72.8 Å². The Kier molecular flexibility index (Phi) is 6.47. The molecule has 6 nitrogen and oxygen atoms in total. The molecule has 4 rings (SSSR count). The van der Waals surface area contributed by atoms with Crippen molar-refractivity contribution in [3.63, 3.8) is 0 Å². The zero-order chi connectivity index (χ0) is 21.5. The number of carbonyl (C=O) groups excluding carboxylic acids is 1. The first kappa shape index (κ1) is 20.5. The second kappa shape index (κ2) is 9.80. The molecule has 0 aliphatic heterocycles. The number of imidazole rings is 1. The number of amides is 1. The molecule has 0 bridgehead atoms. The average Bonchev–Trinajstić information content (AvgIpc) is 3.29. The van der Waals surface area contributed by atoms with Gasteiger partial charge in [-0.15, -0.1) is 0 Å². The second-order valence-electron chi connectivity index (χ2n) is 7.22. The van der Waals surface area contributed by atoms with Crippen molar-refractivity contribution in [2.24, 2.45) is 0 Å². The molecule has 0 atom stereocenters. The van der Waals surface area contributed by atoms with E-state index in [0.29, 0.717) is 13.2 Å². The van der Waals surface area contributed by atoms with Gasteiger partial charge in [-0.05, 0) is 47.9 Å². The summed E-state index contributed by atoms with van der Waals surface area (Å²) in [5.74, 6) is 0.821. The van der Waals surface area contributed by atoms with Crippen LogP contribution in [0.3, 0.4) is 0 Å². The zero-order valence-electron chi connectivity index (χ0n) is 17.5. The van der Waals surface area contributed by atoms with Gasteiger partial charge in [0.2, 0.25) is 0 Å². The lowest BCUT2D eigenvalue weighted by molar-refractivity contribution is 0.146. The summed E-state index contributed by atoms with van der Waals surface area (Å²) in [7, 11) is 0. The Hall–Kier alpha value is -3.80. The van der Waals surface area contributed by atoms with Crippen LogP contribution in [0, 0.1) is 0 Å². The minimum absolute atomic E-state index is 0.213. The molecule has 1 heterocycles. The standard InChI is InChI=1S/C25H25N3O3/c1-2-14-30-22-11-8-19(9-12-22)16-28(21-10-13-23-24(15-21)27-18-26-23)25(29)31-17-20-6-4-3-5-7-20/h3-13,15,18H,2,14,16-17H2,1H3,(H,26,27). The summed E-state index contributed by atoms with van der Waals surface area (Å²) in [6.45, 7) is 3.34. The number of ether oxygens (including phenoxy) is 2. The van der Waals surface area contributed by atoms with E-state index in [0.717, 1.165) is 40.0 Å². The summed E-state index contributed by atoms with van der Waals surface area (Å²) in [5.41, 5.74) is 4.35. The number of benzene rings is 3. The lowest BCUT2D eigenvalue weighted by atomic mass is 10.2. The van der Waals surface area contributed by atoms with Crippen LogP contribution in [-0.4, -0.2) is 22.7 Å². The SMILES string of the molecule is CCCOc1ccc(CN(C(=O)OCc2ccccc2)c2ccc3[nH]cnc3c2)cc1. The fourth-order valence-corrected chi connectivity index (χ4v) is 3.24. The van der Waals surface area contributed by atoms with Crippen LogP contribution in [0.1, 0.15) is 24.5 Å². The topological polar surface area (TPSA) is 67.4 Å². The monoisotopic (exact) mass is 415 g/mol. The third-order valence-electron chi connectivity index (χ3n) is 4.88. The molecule has 0 aliphatic carbocycles. The van der Waals surface area contributed by atoms with E-state index in [1.54, 1.807) is 11.2 Å². The lowest BCUT2D eigenvalue weighted by Gasteiger charge is -2.23. The molecule has 1 amide bonds. The highest BCUT2D eigenvalue weighted by Crippen LogP contribution is 2.24. The van der Waals surface area contributed by atoms with Crippen LogP contribution < -0.4 is 9.64 Å². The summed E-state index contributed by atoms with van der Waals surface area (Å²) in [6.07, 6.45) is 2.19. The first-order chi connectivity index (χ1) is 15.2. The molecule has 0 unspecified atom stereocenters. The molecule has 31 heavy (non-hydrogen) atoms. The van der Waals surface area contributed by atoms with Gasteiger partial charge < -0.3 is 14.5 Å². The van der Waals surface area contributed by atoms with Crippen molar-refractivity contribution in [3.05, 3.63) is 90.3 Å². The van der Waals surface area contributed by atoms with Crippen molar-refractivity contribution in [1.29, 1.82) is 0 Å². The van der Waals surface area contributed by atoms with Crippen molar-refractivity contribution in [2.45, 2.75) is 26.5 Å². The van der Waals surface area contributed by atoms with Gasteiger partial charge in [-0.25, -0.2) is 9.78 Å². The Morgan fingerprint density at radius 3 is 2.58 bits per heavy atom. The van der Waals surface area contributed by atoms with Crippen molar-refractivity contribution in [2.75, 3.05) is 11.5 Å². The second-order valence-corrected chi connectivity index (χ2v) is 7.22. The summed E-state index contributed by atoms with van der Waals surface area (Å²) in [4.78, 5) is 22.1. The Labute approximate surface area is 181 Å². The van der Waals surface area contributed by atoms with Gasteiger partial charge in [0.25, 0.3) is 0 Å². The number of H-pyrrole nitrogens is 1. The number of anilines is 1. The summed E-state index contributed by atoms with van der Waals surface area (Å²) in [6, 6.07) is 23.1. The molecule has 4 aromatic rings. The van der Waals surface area contributed by atoms with E-state index in [9.17, 15) is 4.79 Å². The van der Waals surface area contributed by atoms with Crippen LogP contribution >= 0.6 is 0 Å². The van der Waals surface area contributed by atoms with E-state index >= 15 is 0 Å². The molecule has 0 radical (unpaired) electrons. The molecule has 0 saturated heterocycles. The number of aromatic nitrogens is 2. The molecule has 0 fully saturated rings. The number of hydrogen-bond acceptors (Lipinski definition) is 4. The fraction of sp³-hybridized carbons (Fsp3) is 0.200. The number of nitrogens with zero attached hydrogens (tertiary/aromatic N) is 2. The molecule has 0 saturated carbocycles. The van der Waals surface area contributed by atoms with Crippen molar-refractivity contribution < 1.29 is 14.3 Å². The molecule has 1 aromatic heterocycles. The number of fused-ring (bicyclic) bond motifs is 1. The predicted molar refractivity (Wildman–Crippen MR) is 121 cm³/mol. The first-order valence-corrected chi connectivity index (χ1v) is 10.4. The average molecular weight is 415 g/mol. The smallest absolute Gasteiger partial charge is 0.414 e. The van der Waals surface area contributed by atoms with Gasteiger partial charge in [-0.2, -0.15) is 0 Å². The Morgan fingerprint density at radius 1 is 1.00 bits per heavy atom. The maximum atomic E-state index is 13.1. The van der Waals surface area contributed by atoms with E-state index in [-0.39, 0.29) is 6.61 Å². The van der Waals surface area contributed by atoms with Gasteiger partial charge in [0.05, 0.1) is 30.5 Å². The molecule has 3 aromatic carbocycles. The number of carbonyl (C=O) groups is 1. The van der Waals surface area contributed by atoms with Crippen LogP contribution in [0.2, 0.25) is 0 Å². The molecule has 158 valence electrons. The molecule has 6 heteroatoms. The predicted octanol–water partition coefficient (Wildman–Crippen LogP) is 5.70. The molecule has 0 aliphatic rings. The van der Waals surface area contributed by atoms with Crippen LogP contribution in [0.15, 0.2) is 79.1 Å².